The molecule has 6 heteroatoms. The largest absolute Gasteiger partial charge is 0.418 e. The lowest BCUT2D eigenvalue weighted by Gasteiger charge is -2.26. The Bertz CT molecular complexity index is 442. The van der Waals surface area contributed by atoms with E-state index in [2.05, 4.69) is 21.2 Å². The van der Waals surface area contributed by atoms with Crippen LogP contribution in [-0.2, 0) is 6.18 Å². The molecule has 1 atom stereocenters. The molecular weight excluding hydrogens is 321 g/mol. The van der Waals surface area contributed by atoms with E-state index in [9.17, 15) is 13.2 Å². The van der Waals surface area contributed by atoms with Gasteiger partial charge in [-0.05, 0) is 37.6 Å². The summed E-state index contributed by atoms with van der Waals surface area (Å²) < 4.78 is 39.6. The molecule has 19 heavy (non-hydrogen) atoms. The van der Waals surface area contributed by atoms with Crippen LogP contribution in [0.3, 0.4) is 0 Å². The van der Waals surface area contributed by atoms with Gasteiger partial charge in [0.15, 0.2) is 0 Å². The minimum atomic E-state index is -4.34. The van der Waals surface area contributed by atoms with Crippen LogP contribution in [0.15, 0.2) is 22.7 Å². The van der Waals surface area contributed by atoms with E-state index in [0.717, 1.165) is 25.5 Å². The van der Waals surface area contributed by atoms with Gasteiger partial charge in [-0.25, -0.2) is 0 Å². The van der Waals surface area contributed by atoms with Crippen molar-refractivity contribution in [1.82, 2.24) is 5.32 Å². The summed E-state index contributed by atoms with van der Waals surface area (Å²) in [5.41, 5.74) is -0.369. The number of anilines is 1. The Hall–Kier alpha value is -0.750. The predicted octanol–water partition coefficient (Wildman–Crippen LogP) is 3.66. The first-order valence-corrected chi connectivity index (χ1v) is 6.98. The molecule has 0 radical (unpaired) electrons. The number of nitrogens with zero attached hydrogens (tertiary/aromatic N) is 1. The smallest absolute Gasteiger partial charge is 0.373 e. The molecule has 1 saturated heterocycles. The first-order chi connectivity index (χ1) is 8.88. The third-order valence-electron chi connectivity index (χ3n) is 3.33. The molecular formula is C13H16BrF3N2. The third-order valence-corrected chi connectivity index (χ3v) is 3.83. The monoisotopic (exact) mass is 336 g/mol. The van der Waals surface area contributed by atoms with Gasteiger partial charge in [0.2, 0.25) is 0 Å². The summed E-state index contributed by atoms with van der Waals surface area (Å²) in [7, 11) is 1.71. The lowest BCUT2D eigenvalue weighted by molar-refractivity contribution is -0.137. The van der Waals surface area contributed by atoms with Gasteiger partial charge >= 0.3 is 6.18 Å². The molecule has 0 aliphatic carbocycles. The Morgan fingerprint density at radius 2 is 2.16 bits per heavy atom. The minimum absolute atomic E-state index is 0.226. The fourth-order valence-electron chi connectivity index (χ4n) is 2.41. The molecule has 1 aliphatic heterocycles. The molecule has 1 heterocycles. The molecule has 1 fully saturated rings. The Morgan fingerprint density at radius 3 is 2.74 bits per heavy atom. The summed E-state index contributed by atoms with van der Waals surface area (Å²) in [6.07, 6.45) is -2.23. The average Bonchev–Trinajstić information content (AvgIpc) is 2.80. The molecule has 1 aliphatic rings. The third kappa shape index (κ3) is 3.63. The molecule has 0 spiro atoms. The van der Waals surface area contributed by atoms with Crippen molar-refractivity contribution in [2.75, 3.05) is 25.0 Å². The highest BCUT2D eigenvalue weighted by Gasteiger charge is 2.35. The van der Waals surface area contributed by atoms with Gasteiger partial charge in [0.05, 0.1) is 5.56 Å². The van der Waals surface area contributed by atoms with Crippen LogP contribution >= 0.6 is 15.9 Å². The number of nitrogens with one attached hydrogen (secondary N) is 1. The van der Waals surface area contributed by atoms with E-state index >= 15 is 0 Å². The molecule has 1 N–H and O–H groups in total. The fraction of sp³-hybridized carbons (Fsp3) is 0.538. The quantitative estimate of drug-likeness (QED) is 0.906. The molecule has 0 bridgehead atoms. The van der Waals surface area contributed by atoms with Gasteiger partial charge in [0.1, 0.15) is 0 Å². The average molecular weight is 337 g/mol. The fourth-order valence-corrected chi connectivity index (χ4v) is 2.77. The Balaban J connectivity index is 2.22. The van der Waals surface area contributed by atoms with Crippen molar-refractivity contribution in [2.45, 2.75) is 25.1 Å². The minimum Gasteiger partial charge on any atom is -0.373 e. The van der Waals surface area contributed by atoms with Crippen molar-refractivity contribution in [3.63, 3.8) is 0 Å². The second-order valence-corrected chi connectivity index (χ2v) is 5.75. The van der Waals surface area contributed by atoms with Gasteiger partial charge in [0, 0.05) is 29.8 Å². The lowest BCUT2D eigenvalue weighted by Crippen LogP contribution is -2.36. The summed E-state index contributed by atoms with van der Waals surface area (Å²) in [6, 6.07) is 4.56. The topological polar surface area (TPSA) is 15.3 Å². The van der Waals surface area contributed by atoms with E-state index in [1.165, 1.54) is 6.07 Å². The van der Waals surface area contributed by atoms with Crippen molar-refractivity contribution in [3.05, 3.63) is 28.2 Å². The SMILES string of the molecule is CN(CC1CCCN1)c1ccc(Br)cc1C(F)(F)F. The molecule has 1 aromatic carbocycles. The lowest BCUT2D eigenvalue weighted by atomic mass is 10.1. The number of hydrogen-bond acceptors (Lipinski definition) is 2. The van der Waals surface area contributed by atoms with Crippen molar-refractivity contribution in [3.8, 4) is 0 Å². The zero-order valence-electron chi connectivity index (χ0n) is 10.6. The van der Waals surface area contributed by atoms with Gasteiger partial charge in [-0.2, -0.15) is 13.2 Å². The van der Waals surface area contributed by atoms with Crippen LogP contribution in [0.4, 0.5) is 18.9 Å². The zero-order chi connectivity index (χ0) is 14.0. The van der Waals surface area contributed by atoms with Crippen molar-refractivity contribution < 1.29 is 13.2 Å². The van der Waals surface area contributed by atoms with Crippen molar-refractivity contribution in [1.29, 1.82) is 0 Å². The zero-order valence-corrected chi connectivity index (χ0v) is 12.2. The standard InChI is InChI=1S/C13H16BrF3N2/c1-19(8-10-3-2-6-18-10)12-5-4-9(14)7-11(12)13(15,16)17/h4-5,7,10,18H,2-3,6,8H2,1H3. The van der Waals surface area contributed by atoms with Crippen LogP contribution in [0.2, 0.25) is 0 Å². The molecule has 2 nitrogen and oxygen atoms in total. The highest BCUT2D eigenvalue weighted by molar-refractivity contribution is 9.10. The van der Waals surface area contributed by atoms with Crippen molar-refractivity contribution in [2.24, 2.45) is 0 Å². The Labute approximate surface area is 119 Å². The number of hydrogen-bond donors (Lipinski definition) is 1. The van der Waals surface area contributed by atoms with Gasteiger partial charge in [0.25, 0.3) is 0 Å². The summed E-state index contributed by atoms with van der Waals surface area (Å²) in [5.74, 6) is 0. The summed E-state index contributed by atoms with van der Waals surface area (Å²) in [6.45, 7) is 1.54. The first-order valence-electron chi connectivity index (χ1n) is 6.19. The Kier molecular flexibility index (Phi) is 4.40. The van der Waals surface area contributed by atoms with Gasteiger partial charge in [-0.15, -0.1) is 0 Å². The number of benzene rings is 1. The van der Waals surface area contributed by atoms with E-state index in [1.807, 2.05) is 0 Å². The second kappa shape index (κ2) is 5.71. The maximum Gasteiger partial charge on any atom is 0.418 e. The van der Waals surface area contributed by atoms with Crippen LogP contribution < -0.4 is 10.2 Å². The highest BCUT2D eigenvalue weighted by Crippen LogP contribution is 2.38. The molecule has 1 aromatic rings. The van der Waals surface area contributed by atoms with E-state index in [-0.39, 0.29) is 11.7 Å². The number of rotatable bonds is 3. The molecule has 2 rings (SSSR count). The number of alkyl halides is 3. The summed E-state index contributed by atoms with van der Waals surface area (Å²) in [4.78, 5) is 1.68. The van der Waals surface area contributed by atoms with Gasteiger partial charge < -0.3 is 10.2 Å². The highest BCUT2D eigenvalue weighted by atomic mass is 79.9. The summed E-state index contributed by atoms with van der Waals surface area (Å²) >= 11 is 3.10. The maximum atomic E-state index is 13.0. The van der Waals surface area contributed by atoms with Gasteiger partial charge in [-0.3, -0.25) is 0 Å². The van der Waals surface area contributed by atoms with E-state index < -0.39 is 11.7 Å². The van der Waals surface area contributed by atoms with E-state index in [4.69, 9.17) is 0 Å². The second-order valence-electron chi connectivity index (χ2n) is 4.83. The first kappa shape index (κ1) is 14.7. The molecule has 0 aromatic heterocycles. The van der Waals surface area contributed by atoms with Crippen LogP contribution in [0.1, 0.15) is 18.4 Å². The Morgan fingerprint density at radius 1 is 1.42 bits per heavy atom. The molecule has 0 saturated carbocycles. The predicted molar refractivity (Wildman–Crippen MR) is 73.4 cm³/mol. The molecule has 0 amide bonds. The van der Waals surface area contributed by atoms with E-state index in [0.29, 0.717) is 11.0 Å². The van der Waals surface area contributed by atoms with Crippen LogP contribution in [0, 0.1) is 0 Å². The van der Waals surface area contributed by atoms with Crippen LogP contribution in [0.5, 0.6) is 0 Å². The molecule has 1 unspecified atom stereocenters. The summed E-state index contributed by atoms with van der Waals surface area (Å²) in [5, 5.41) is 3.29. The molecule has 106 valence electrons. The number of halogens is 4. The van der Waals surface area contributed by atoms with E-state index in [1.54, 1.807) is 18.0 Å². The van der Waals surface area contributed by atoms with Gasteiger partial charge in [-0.1, -0.05) is 15.9 Å². The maximum absolute atomic E-state index is 13.0. The van der Waals surface area contributed by atoms with Crippen molar-refractivity contribution >= 4 is 21.6 Å². The van der Waals surface area contributed by atoms with Crippen LogP contribution in [-0.4, -0.2) is 26.2 Å². The normalized spacial score (nSPS) is 19.7. The van der Waals surface area contributed by atoms with Crippen LogP contribution in [0.25, 0.3) is 0 Å². The number of likely N-dealkylation sites (N-methyl/N-ethyl adjacent to an activating group) is 1.